The molecule has 106 valence electrons. The fourth-order valence-electron chi connectivity index (χ4n) is 3.26. The van der Waals surface area contributed by atoms with Crippen LogP contribution in [0.25, 0.3) is 0 Å². The molecule has 2 aromatic rings. The fraction of sp³-hybridized carbons (Fsp3) is 0.263. The number of Topliss-reactive ketones (excluding diaryl/α,β-unsaturated/α-hetero) is 2. The zero-order chi connectivity index (χ0) is 15.0. The molecule has 21 heavy (non-hydrogen) atoms. The number of aryl methyl sites for hydroxylation is 2. The highest BCUT2D eigenvalue weighted by molar-refractivity contribution is 6.29. The lowest BCUT2D eigenvalue weighted by molar-refractivity contribution is 0.0889. The Morgan fingerprint density at radius 1 is 0.762 bits per heavy atom. The topological polar surface area (TPSA) is 34.1 Å². The van der Waals surface area contributed by atoms with E-state index in [2.05, 4.69) is 13.8 Å². The molecule has 0 saturated heterocycles. The van der Waals surface area contributed by atoms with Crippen molar-refractivity contribution >= 4 is 11.6 Å². The predicted molar refractivity (Wildman–Crippen MR) is 83.0 cm³/mol. The van der Waals surface area contributed by atoms with E-state index in [1.54, 1.807) is 12.1 Å². The van der Waals surface area contributed by atoms with Gasteiger partial charge in [0.15, 0.2) is 11.6 Å². The average molecular weight is 278 g/mol. The van der Waals surface area contributed by atoms with Crippen LogP contribution < -0.4 is 0 Å². The molecular formula is C19H18O2. The van der Waals surface area contributed by atoms with Crippen molar-refractivity contribution in [2.45, 2.75) is 32.6 Å². The van der Waals surface area contributed by atoms with E-state index in [1.807, 2.05) is 30.3 Å². The third kappa shape index (κ3) is 2.02. The van der Waals surface area contributed by atoms with Gasteiger partial charge in [0.05, 0.1) is 0 Å². The van der Waals surface area contributed by atoms with Crippen LogP contribution in [0.1, 0.15) is 57.2 Å². The summed E-state index contributed by atoms with van der Waals surface area (Å²) < 4.78 is 0. The second-order valence-electron chi connectivity index (χ2n) is 5.40. The van der Waals surface area contributed by atoms with Gasteiger partial charge >= 0.3 is 0 Å². The Balaban J connectivity index is 2.20. The molecule has 0 aromatic heterocycles. The van der Waals surface area contributed by atoms with Crippen LogP contribution in [0, 0.1) is 0 Å². The van der Waals surface area contributed by atoms with Crippen LogP contribution in [0.15, 0.2) is 42.5 Å². The van der Waals surface area contributed by atoms with Gasteiger partial charge in [0.25, 0.3) is 0 Å². The van der Waals surface area contributed by atoms with Crippen molar-refractivity contribution in [1.29, 1.82) is 0 Å². The molecule has 0 N–H and O–H groups in total. The van der Waals surface area contributed by atoms with E-state index in [0.717, 1.165) is 29.5 Å². The molecule has 0 spiro atoms. The normalized spacial score (nSPS) is 14.6. The SMILES string of the molecule is CCc1cccc(CC)c1C1C(=O)c2ccccc2C1=O. The first-order valence-electron chi connectivity index (χ1n) is 7.47. The second-order valence-corrected chi connectivity index (χ2v) is 5.40. The summed E-state index contributed by atoms with van der Waals surface area (Å²) in [6.07, 6.45) is 1.66. The molecule has 1 aliphatic rings. The smallest absolute Gasteiger partial charge is 0.178 e. The van der Waals surface area contributed by atoms with Crippen molar-refractivity contribution in [2.24, 2.45) is 0 Å². The lowest BCUT2D eigenvalue weighted by Crippen LogP contribution is -2.17. The highest BCUT2D eigenvalue weighted by Gasteiger charge is 2.40. The van der Waals surface area contributed by atoms with E-state index < -0.39 is 5.92 Å². The van der Waals surface area contributed by atoms with Crippen LogP contribution in [0.3, 0.4) is 0 Å². The van der Waals surface area contributed by atoms with Gasteiger partial charge in [-0.2, -0.15) is 0 Å². The number of hydrogen-bond acceptors (Lipinski definition) is 2. The Morgan fingerprint density at radius 3 is 1.67 bits per heavy atom. The molecule has 0 saturated carbocycles. The second kappa shape index (κ2) is 5.28. The van der Waals surface area contributed by atoms with Gasteiger partial charge in [-0.05, 0) is 29.5 Å². The van der Waals surface area contributed by atoms with Crippen LogP contribution in [0.5, 0.6) is 0 Å². The molecular weight excluding hydrogens is 260 g/mol. The van der Waals surface area contributed by atoms with Crippen molar-refractivity contribution in [2.75, 3.05) is 0 Å². The van der Waals surface area contributed by atoms with Gasteiger partial charge in [0.1, 0.15) is 5.92 Å². The number of carbonyl (C=O) groups is 2. The van der Waals surface area contributed by atoms with Crippen LogP contribution >= 0.6 is 0 Å². The van der Waals surface area contributed by atoms with Gasteiger partial charge in [0, 0.05) is 11.1 Å². The highest BCUT2D eigenvalue weighted by Crippen LogP contribution is 2.37. The number of benzene rings is 2. The summed E-state index contributed by atoms with van der Waals surface area (Å²) in [5.74, 6) is -0.745. The van der Waals surface area contributed by atoms with Crippen LogP contribution in [-0.4, -0.2) is 11.6 Å². The molecule has 3 rings (SSSR count). The number of hydrogen-bond donors (Lipinski definition) is 0. The van der Waals surface area contributed by atoms with E-state index >= 15 is 0 Å². The lowest BCUT2D eigenvalue weighted by atomic mass is 9.85. The van der Waals surface area contributed by atoms with Gasteiger partial charge in [-0.25, -0.2) is 0 Å². The highest BCUT2D eigenvalue weighted by atomic mass is 16.2. The van der Waals surface area contributed by atoms with Crippen molar-refractivity contribution in [3.8, 4) is 0 Å². The summed E-state index contributed by atoms with van der Waals surface area (Å²) in [5, 5.41) is 0. The Labute approximate surface area is 124 Å². The minimum atomic E-state index is -0.645. The molecule has 0 unspecified atom stereocenters. The van der Waals surface area contributed by atoms with E-state index in [9.17, 15) is 9.59 Å². The zero-order valence-corrected chi connectivity index (χ0v) is 12.3. The maximum atomic E-state index is 12.7. The van der Waals surface area contributed by atoms with E-state index in [-0.39, 0.29) is 11.6 Å². The molecule has 1 aliphatic carbocycles. The van der Waals surface area contributed by atoms with Crippen LogP contribution in [-0.2, 0) is 12.8 Å². The summed E-state index contributed by atoms with van der Waals surface area (Å²) in [7, 11) is 0. The standard InChI is InChI=1S/C19H18O2/c1-3-12-8-7-9-13(4-2)16(12)17-18(20)14-10-5-6-11-15(14)19(17)21/h5-11,17H,3-4H2,1-2H3. The first-order valence-corrected chi connectivity index (χ1v) is 7.47. The largest absolute Gasteiger partial charge is 0.293 e. The number of fused-ring (bicyclic) bond motifs is 1. The maximum Gasteiger partial charge on any atom is 0.178 e. The number of rotatable bonds is 3. The Kier molecular flexibility index (Phi) is 3.46. The molecule has 0 bridgehead atoms. The third-order valence-corrected chi connectivity index (χ3v) is 4.32. The lowest BCUT2D eigenvalue weighted by Gasteiger charge is -2.17. The van der Waals surface area contributed by atoms with Crippen molar-refractivity contribution in [3.05, 3.63) is 70.3 Å². The van der Waals surface area contributed by atoms with Crippen molar-refractivity contribution in [3.63, 3.8) is 0 Å². The molecule has 0 fully saturated rings. The van der Waals surface area contributed by atoms with Gasteiger partial charge in [0.2, 0.25) is 0 Å². The van der Waals surface area contributed by atoms with Crippen molar-refractivity contribution < 1.29 is 9.59 Å². The number of ketones is 2. The van der Waals surface area contributed by atoms with Crippen molar-refractivity contribution in [1.82, 2.24) is 0 Å². The van der Waals surface area contributed by atoms with E-state index in [4.69, 9.17) is 0 Å². The first-order chi connectivity index (χ1) is 10.2. The van der Waals surface area contributed by atoms with Gasteiger partial charge < -0.3 is 0 Å². The molecule has 0 heterocycles. The Hall–Kier alpha value is -2.22. The van der Waals surface area contributed by atoms with Crippen LogP contribution in [0.2, 0.25) is 0 Å². The van der Waals surface area contributed by atoms with Gasteiger partial charge in [-0.15, -0.1) is 0 Å². The quantitative estimate of drug-likeness (QED) is 0.796. The third-order valence-electron chi connectivity index (χ3n) is 4.32. The molecule has 0 radical (unpaired) electrons. The summed E-state index contributed by atoms with van der Waals surface area (Å²) in [6.45, 7) is 4.13. The molecule has 2 nitrogen and oxygen atoms in total. The Bertz CT molecular complexity index is 671. The monoisotopic (exact) mass is 278 g/mol. The summed E-state index contributed by atoms with van der Waals surface area (Å²) in [6, 6.07) is 13.2. The Morgan fingerprint density at radius 2 is 1.24 bits per heavy atom. The molecule has 0 aliphatic heterocycles. The summed E-state index contributed by atoms with van der Waals surface area (Å²) in [5.41, 5.74) is 4.29. The van der Waals surface area contributed by atoms with Crippen LogP contribution in [0.4, 0.5) is 0 Å². The van der Waals surface area contributed by atoms with Gasteiger partial charge in [-0.3, -0.25) is 9.59 Å². The molecule has 0 amide bonds. The zero-order valence-electron chi connectivity index (χ0n) is 12.3. The minimum Gasteiger partial charge on any atom is -0.293 e. The predicted octanol–water partition coefficient (Wildman–Crippen LogP) is 3.97. The van der Waals surface area contributed by atoms with E-state index in [0.29, 0.717) is 11.1 Å². The first kappa shape index (κ1) is 13.7. The number of carbonyl (C=O) groups excluding carboxylic acids is 2. The summed E-state index contributed by atoms with van der Waals surface area (Å²) in [4.78, 5) is 25.4. The molecule has 0 atom stereocenters. The minimum absolute atomic E-state index is 0.0498. The van der Waals surface area contributed by atoms with Gasteiger partial charge in [-0.1, -0.05) is 56.3 Å². The molecule has 2 aromatic carbocycles. The maximum absolute atomic E-state index is 12.7. The summed E-state index contributed by atoms with van der Waals surface area (Å²) >= 11 is 0. The van der Waals surface area contributed by atoms with E-state index in [1.165, 1.54) is 0 Å². The fourth-order valence-corrected chi connectivity index (χ4v) is 3.26. The average Bonchev–Trinajstić information content (AvgIpc) is 2.78. The molecule has 2 heteroatoms.